The van der Waals surface area contributed by atoms with Gasteiger partial charge in [-0.3, -0.25) is 0 Å². The van der Waals surface area contributed by atoms with Crippen LogP contribution in [0.2, 0.25) is 0 Å². The molecular formula is C18H13N. The highest BCUT2D eigenvalue weighted by atomic mass is 14.9. The molecule has 0 N–H and O–H groups in total. The summed E-state index contributed by atoms with van der Waals surface area (Å²) in [7, 11) is 2.18. The van der Waals surface area contributed by atoms with Gasteiger partial charge < -0.3 is 4.57 Å². The molecule has 0 saturated heterocycles. The van der Waals surface area contributed by atoms with Crippen LogP contribution in [-0.4, -0.2) is 4.57 Å². The van der Waals surface area contributed by atoms with Crippen molar-refractivity contribution in [2.45, 2.75) is 6.42 Å². The molecule has 1 heterocycles. The number of allylic oxidation sites excluding steroid dienone is 1. The maximum Gasteiger partial charge on any atom is 0.0501 e. The summed E-state index contributed by atoms with van der Waals surface area (Å²) in [6, 6.07) is 13.5. The van der Waals surface area contributed by atoms with E-state index in [1.54, 1.807) is 0 Å². The highest BCUT2D eigenvalue weighted by Crippen LogP contribution is 2.40. The third kappa shape index (κ3) is 0.988. The Kier molecular flexibility index (Phi) is 1.52. The van der Waals surface area contributed by atoms with Crippen LogP contribution < -0.4 is 0 Å². The molecule has 0 spiro atoms. The molecule has 0 amide bonds. The number of fused-ring (bicyclic) bond motifs is 2. The van der Waals surface area contributed by atoms with Crippen molar-refractivity contribution >= 4 is 38.7 Å². The van der Waals surface area contributed by atoms with Gasteiger partial charge in [-0.05, 0) is 40.5 Å². The number of aryl methyl sites for hydroxylation is 1. The van der Waals surface area contributed by atoms with Gasteiger partial charge in [-0.25, -0.2) is 0 Å². The summed E-state index contributed by atoms with van der Waals surface area (Å²) in [5, 5.41) is 5.65. The lowest BCUT2D eigenvalue weighted by Crippen LogP contribution is -1.89. The minimum Gasteiger partial charge on any atom is -0.344 e. The van der Waals surface area contributed by atoms with Crippen molar-refractivity contribution in [2.24, 2.45) is 7.05 Å². The summed E-state index contributed by atoms with van der Waals surface area (Å²) >= 11 is 0. The molecule has 1 aliphatic rings. The fraction of sp³-hybridized carbons (Fsp3) is 0.111. The number of nitrogens with zero attached hydrogens (tertiary/aromatic N) is 1. The summed E-state index contributed by atoms with van der Waals surface area (Å²) in [4.78, 5) is 0. The van der Waals surface area contributed by atoms with Gasteiger partial charge in [0.05, 0.1) is 5.52 Å². The standard InChI is InChI=1S/C18H13N/c1-19-15-7-3-4-11-8-9-14-13-6-2-5-12(13)10-16(19)18(14)17(11)15/h2-5,7-10H,6H2,1H3. The monoisotopic (exact) mass is 243 g/mol. The second-order valence-corrected chi connectivity index (χ2v) is 5.49. The van der Waals surface area contributed by atoms with Gasteiger partial charge in [0.1, 0.15) is 0 Å². The Hall–Kier alpha value is -2.28. The number of aromatic nitrogens is 1. The lowest BCUT2D eigenvalue weighted by molar-refractivity contribution is 1.01. The molecule has 1 aromatic heterocycles. The van der Waals surface area contributed by atoms with Crippen LogP contribution in [0, 0.1) is 0 Å². The second-order valence-electron chi connectivity index (χ2n) is 5.49. The fourth-order valence-corrected chi connectivity index (χ4v) is 3.69. The van der Waals surface area contributed by atoms with Crippen LogP contribution in [0.1, 0.15) is 11.1 Å². The molecule has 1 nitrogen and oxygen atoms in total. The minimum atomic E-state index is 1.07. The molecule has 1 aliphatic carbocycles. The van der Waals surface area contributed by atoms with Crippen molar-refractivity contribution in [1.29, 1.82) is 0 Å². The van der Waals surface area contributed by atoms with E-state index in [0.29, 0.717) is 0 Å². The van der Waals surface area contributed by atoms with Gasteiger partial charge >= 0.3 is 0 Å². The number of hydrogen-bond donors (Lipinski definition) is 0. The van der Waals surface area contributed by atoms with Crippen molar-refractivity contribution in [2.75, 3.05) is 0 Å². The maximum absolute atomic E-state index is 2.35. The summed E-state index contributed by atoms with van der Waals surface area (Å²) in [6.45, 7) is 0. The van der Waals surface area contributed by atoms with Gasteiger partial charge in [0.2, 0.25) is 0 Å². The van der Waals surface area contributed by atoms with Crippen molar-refractivity contribution in [1.82, 2.24) is 4.57 Å². The molecule has 0 bridgehead atoms. The van der Waals surface area contributed by atoms with E-state index in [9.17, 15) is 0 Å². The van der Waals surface area contributed by atoms with Crippen molar-refractivity contribution < 1.29 is 0 Å². The Morgan fingerprint density at radius 2 is 1.95 bits per heavy atom. The summed E-state index contributed by atoms with van der Waals surface area (Å²) in [6.07, 6.45) is 5.60. The lowest BCUT2D eigenvalue weighted by atomic mass is 9.96. The number of hydrogen-bond acceptors (Lipinski definition) is 0. The first-order valence-corrected chi connectivity index (χ1v) is 6.76. The highest BCUT2D eigenvalue weighted by molar-refractivity contribution is 6.24. The molecule has 4 aromatic rings. The van der Waals surface area contributed by atoms with Crippen LogP contribution >= 0.6 is 0 Å². The molecule has 19 heavy (non-hydrogen) atoms. The van der Waals surface area contributed by atoms with Crippen molar-refractivity contribution in [3.05, 3.63) is 53.6 Å². The van der Waals surface area contributed by atoms with E-state index < -0.39 is 0 Å². The third-order valence-electron chi connectivity index (χ3n) is 4.59. The SMILES string of the molecule is Cn1c2cccc3ccc4c5c(cc1c4c32)C=CC5. The van der Waals surface area contributed by atoms with E-state index in [1.165, 1.54) is 43.7 Å². The molecule has 90 valence electrons. The Morgan fingerprint density at radius 1 is 1.00 bits per heavy atom. The average Bonchev–Trinajstić information content (AvgIpc) is 3.02. The number of benzene rings is 3. The lowest BCUT2D eigenvalue weighted by Gasteiger charge is -2.07. The number of rotatable bonds is 0. The van der Waals surface area contributed by atoms with Gasteiger partial charge in [-0.15, -0.1) is 0 Å². The average molecular weight is 243 g/mol. The van der Waals surface area contributed by atoms with E-state index in [2.05, 4.69) is 60.2 Å². The smallest absolute Gasteiger partial charge is 0.0501 e. The highest BCUT2D eigenvalue weighted by Gasteiger charge is 2.18. The van der Waals surface area contributed by atoms with Crippen LogP contribution in [0.25, 0.3) is 38.7 Å². The predicted octanol–water partition coefficient (Wildman–Crippen LogP) is 4.49. The first-order chi connectivity index (χ1) is 9.34. The van der Waals surface area contributed by atoms with E-state index in [-0.39, 0.29) is 0 Å². The van der Waals surface area contributed by atoms with Crippen LogP contribution in [0.3, 0.4) is 0 Å². The zero-order valence-electron chi connectivity index (χ0n) is 10.8. The predicted molar refractivity (Wildman–Crippen MR) is 81.9 cm³/mol. The van der Waals surface area contributed by atoms with E-state index >= 15 is 0 Å². The molecule has 0 saturated carbocycles. The zero-order chi connectivity index (χ0) is 12.6. The van der Waals surface area contributed by atoms with Crippen LogP contribution in [0.15, 0.2) is 42.5 Å². The second kappa shape index (κ2) is 3.00. The minimum absolute atomic E-state index is 1.07. The Bertz CT molecular complexity index is 985. The molecule has 3 aromatic carbocycles. The van der Waals surface area contributed by atoms with E-state index in [0.717, 1.165) is 6.42 Å². The first-order valence-electron chi connectivity index (χ1n) is 6.76. The fourth-order valence-electron chi connectivity index (χ4n) is 3.69. The first kappa shape index (κ1) is 9.62. The molecule has 0 aliphatic heterocycles. The van der Waals surface area contributed by atoms with Gasteiger partial charge in [0.25, 0.3) is 0 Å². The summed E-state index contributed by atoms with van der Waals surface area (Å²) < 4.78 is 2.33. The van der Waals surface area contributed by atoms with Crippen molar-refractivity contribution in [3.8, 4) is 0 Å². The van der Waals surface area contributed by atoms with Gasteiger partial charge in [-0.1, -0.05) is 36.4 Å². The molecule has 0 atom stereocenters. The molecule has 0 fully saturated rings. The molecule has 0 unspecified atom stereocenters. The summed E-state index contributed by atoms with van der Waals surface area (Å²) in [5.74, 6) is 0. The van der Waals surface area contributed by atoms with E-state index in [1.807, 2.05) is 0 Å². The molecule has 5 rings (SSSR count). The summed E-state index contributed by atoms with van der Waals surface area (Å²) in [5.41, 5.74) is 5.57. The van der Waals surface area contributed by atoms with Gasteiger partial charge in [-0.2, -0.15) is 0 Å². The quantitative estimate of drug-likeness (QED) is 0.401. The van der Waals surface area contributed by atoms with Crippen LogP contribution in [0.4, 0.5) is 0 Å². The molecular weight excluding hydrogens is 230 g/mol. The van der Waals surface area contributed by atoms with Crippen LogP contribution in [0.5, 0.6) is 0 Å². The maximum atomic E-state index is 2.35. The zero-order valence-corrected chi connectivity index (χ0v) is 10.8. The van der Waals surface area contributed by atoms with E-state index in [4.69, 9.17) is 0 Å². The molecule has 1 heteroatoms. The Morgan fingerprint density at radius 3 is 2.89 bits per heavy atom. The van der Waals surface area contributed by atoms with Gasteiger partial charge in [0.15, 0.2) is 0 Å². The third-order valence-corrected chi connectivity index (χ3v) is 4.59. The van der Waals surface area contributed by atoms with Crippen LogP contribution in [-0.2, 0) is 13.5 Å². The Labute approximate surface area is 111 Å². The Balaban J connectivity index is 2.22. The molecule has 0 radical (unpaired) electrons. The normalized spacial score (nSPS) is 14.2. The van der Waals surface area contributed by atoms with Gasteiger partial charge in [0, 0.05) is 23.3 Å². The largest absolute Gasteiger partial charge is 0.344 e. The van der Waals surface area contributed by atoms with Crippen molar-refractivity contribution in [3.63, 3.8) is 0 Å². The topological polar surface area (TPSA) is 4.93 Å².